The molecular formula is C10H21NO3. The molecule has 1 N–H and O–H groups in total. The molecule has 1 amide bonds. The summed E-state index contributed by atoms with van der Waals surface area (Å²) in [7, 11) is 0. The Bertz CT molecular complexity index is 169. The lowest BCUT2D eigenvalue weighted by atomic mass is 10.1. The van der Waals surface area contributed by atoms with Gasteiger partial charge in [-0.3, -0.25) is 4.79 Å². The summed E-state index contributed by atoms with van der Waals surface area (Å²) in [6, 6.07) is 0. The summed E-state index contributed by atoms with van der Waals surface area (Å²) in [5.41, 5.74) is -0.749. The predicted octanol–water partition coefficient (Wildman–Crippen LogP) is 0.954. The zero-order valence-corrected chi connectivity index (χ0v) is 9.55. The van der Waals surface area contributed by atoms with Crippen LogP contribution in [0.15, 0.2) is 0 Å². The van der Waals surface area contributed by atoms with Gasteiger partial charge in [0.25, 0.3) is 5.91 Å². The topological polar surface area (TPSA) is 47.6 Å². The van der Waals surface area contributed by atoms with E-state index in [4.69, 9.17) is 9.47 Å². The van der Waals surface area contributed by atoms with Crippen LogP contribution < -0.4 is 5.32 Å². The second-order valence-corrected chi connectivity index (χ2v) is 3.40. The van der Waals surface area contributed by atoms with Crippen LogP contribution in [0.4, 0.5) is 0 Å². The van der Waals surface area contributed by atoms with Gasteiger partial charge >= 0.3 is 0 Å². The Morgan fingerprint density at radius 2 is 1.93 bits per heavy atom. The van der Waals surface area contributed by atoms with E-state index in [1.54, 1.807) is 13.8 Å². The summed E-state index contributed by atoms with van der Waals surface area (Å²) in [6.45, 7) is 9.59. The van der Waals surface area contributed by atoms with Crippen LogP contribution in [0, 0.1) is 0 Å². The van der Waals surface area contributed by atoms with Gasteiger partial charge in [0, 0.05) is 19.8 Å². The summed E-state index contributed by atoms with van der Waals surface area (Å²) >= 11 is 0. The molecule has 0 bridgehead atoms. The van der Waals surface area contributed by atoms with E-state index in [-0.39, 0.29) is 5.91 Å². The molecule has 0 heterocycles. The average molecular weight is 203 g/mol. The van der Waals surface area contributed by atoms with E-state index in [2.05, 4.69) is 5.32 Å². The summed E-state index contributed by atoms with van der Waals surface area (Å²) in [4.78, 5) is 11.5. The molecule has 0 aliphatic carbocycles. The van der Waals surface area contributed by atoms with Gasteiger partial charge in [0.05, 0.1) is 6.61 Å². The van der Waals surface area contributed by atoms with E-state index in [0.29, 0.717) is 26.4 Å². The van der Waals surface area contributed by atoms with Gasteiger partial charge in [-0.15, -0.1) is 0 Å². The first-order valence-electron chi connectivity index (χ1n) is 5.04. The Kier molecular flexibility index (Phi) is 6.49. The molecule has 0 aromatic rings. The van der Waals surface area contributed by atoms with Gasteiger partial charge in [0.2, 0.25) is 0 Å². The van der Waals surface area contributed by atoms with E-state index in [9.17, 15) is 4.79 Å². The number of rotatable bonds is 7. The van der Waals surface area contributed by atoms with Crippen molar-refractivity contribution >= 4 is 5.91 Å². The fourth-order valence-electron chi connectivity index (χ4n) is 1.02. The molecule has 14 heavy (non-hydrogen) atoms. The van der Waals surface area contributed by atoms with Crippen molar-refractivity contribution in [1.82, 2.24) is 5.32 Å². The van der Waals surface area contributed by atoms with E-state index in [1.165, 1.54) is 0 Å². The molecule has 4 nitrogen and oxygen atoms in total. The Balaban J connectivity index is 3.71. The molecule has 0 unspecified atom stereocenters. The summed E-state index contributed by atoms with van der Waals surface area (Å²) in [5.74, 6) is -0.0981. The summed E-state index contributed by atoms with van der Waals surface area (Å²) in [5, 5.41) is 2.75. The molecule has 4 heteroatoms. The Labute approximate surface area is 86.0 Å². The molecule has 0 aliphatic rings. The molecule has 0 aromatic carbocycles. The number of nitrogens with one attached hydrogen (secondary N) is 1. The van der Waals surface area contributed by atoms with Crippen molar-refractivity contribution in [3.63, 3.8) is 0 Å². The minimum absolute atomic E-state index is 0.0981. The predicted molar refractivity (Wildman–Crippen MR) is 55.2 cm³/mol. The zero-order chi connectivity index (χ0) is 11.0. The highest BCUT2D eigenvalue weighted by atomic mass is 16.5. The monoisotopic (exact) mass is 203 g/mol. The molecule has 0 aliphatic heterocycles. The highest BCUT2D eigenvalue weighted by Gasteiger charge is 2.27. The van der Waals surface area contributed by atoms with E-state index < -0.39 is 5.60 Å². The van der Waals surface area contributed by atoms with Gasteiger partial charge < -0.3 is 14.8 Å². The maximum absolute atomic E-state index is 11.5. The van der Waals surface area contributed by atoms with Crippen LogP contribution in [0.25, 0.3) is 0 Å². The largest absolute Gasteiger partial charge is 0.380 e. The summed E-state index contributed by atoms with van der Waals surface area (Å²) in [6.07, 6.45) is 0. The van der Waals surface area contributed by atoms with Gasteiger partial charge in [-0.25, -0.2) is 0 Å². The quantitative estimate of drug-likeness (QED) is 0.627. The third kappa shape index (κ3) is 5.19. The fourth-order valence-corrected chi connectivity index (χ4v) is 1.02. The molecule has 0 radical (unpaired) electrons. The standard InChI is InChI=1S/C10H21NO3/c1-5-13-8-7-11-9(12)10(3,4)14-6-2/h5-8H2,1-4H3,(H,11,12). The van der Waals surface area contributed by atoms with Crippen LogP contribution in [0.5, 0.6) is 0 Å². The first-order valence-corrected chi connectivity index (χ1v) is 5.04. The number of carbonyl (C=O) groups excluding carboxylic acids is 1. The highest BCUT2D eigenvalue weighted by molar-refractivity contribution is 5.84. The lowest BCUT2D eigenvalue weighted by molar-refractivity contribution is -0.142. The van der Waals surface area contributed by atoms with Crippen LogP contribution in [-0.2, 0) is 14.3 Å². The smallest absolute Gasteiger partial charge is 0.251 e. The molecule has 0 saturated carbocycles. The van der Waals surface area contributed by atoms with Crippen LogP contribution in [0.2, 0.25) is 0 Å². The highest BCUT2D eigenvalue weighted by Crippen LogP contribution is 2.08. The molecule has 0 atom stereocenters. The van der Waals surface area contributed by atoms with Crippen LogP contribution in [-0.4, -0.2) is 37.9 Å². The molecule has 0 rings (SSSR count). The Hall–Kier alpha value is -0.610. The third-order valence-electron chi connectivity index (χ3n) is 1.79. The van der Waals surface area contributed by atoms with Gasteiger partial charge in [-0.1, -0.05) is 0 Å². The van der Waals surface area contributed by atoms with E-state index in [0.717, 1.165) is 0 Å². The van der Waals surface area contributed by atoms with Crippen molar-refractivity contribution in [2.75, 3.05) is 26.4 Å². The van der Waals surface area contributed by atoms with Gasteiger partial charge in [0.1, 0.15) is 5.60 Å². The molecule has 0 saturated heterocycles. The first kappa shape index (κ1) is 13.4. The van der Waals surface area contributed by atoms with Gasteiger partial charge in [-0.2, -0.15) is 0 Å². The molecule has 0 fully saturated rings. The lowest BCUT2D eigenvalue weighted by Crippen LogP contribution is -2.45. The molecule has 84 valence electrons. The van der Waals surface area contributed by atoms with Crippen molar-refractivity contribution in [2.24, 2.45) is 0 Å². The first-order chi connectivity index (χ1) is 6.54. The third-order valence-corrected chi connectivity index (χ3v) is 1.79. The van der Waals surface area contributed by atoms with Crippen LogP contribution >= 0.6 is 0 Å². The SMILES string of the molecule is CCOCCNC(=O)C(C)(C)OCC. The van der Waals surface area contributed by atoms with Crippen LogP contribution in [0.1, 0.15) is 27.7 Å². The number of amides is 1. The number of hydrogen-bond donors (Lipinski definition) is 1. The Morgan fingerprint density at radius 1 is 1.29 bits per heavy atom. The second kappa shape index (κ2) is 6.79. The normalized spacial score (nSPS) is 11.4. The van der Waals surface area contributed by atoms with Crippen molar-refractivity contribution in [3.8, 4) is 0 Å². The lowest BCUT2D eigenvalue weighted by Gasteiger charge is -2.23. The van der Waals surface area contributed by atoms with Crippen LogP contribution in [0.3, 0.4) is 0 Å². The second-order valence-electron chi connectivity index (χ2n) is 3.40. The van der Waals surface area contributed by atoms with Gasteiger partial charge in [-0.05, 0) is 27.7 Å². The molecule has 0 aromatic heterocycles. The molecule has 0 spiro atoms. The van der Waals surface area contributed by atoms with Crippen molar-refractivity contribution in [1.29, 1.82) is 0 Å². The maximum Gasteiger partial charge on any atom is 0.251 e. The van der Waals surface area contributed by atoms with E-state index >= 15 is 0 Å². The van der Waals surface area contributed by atoms with E-state index in [1.807, 2.05) is 13.8 Å². The number of hydrogen-bond acceptors (Lipinski definition) is 3. The minimum atomic E-state index is -0.749. The maximum atomic E-state index is 11.5. The molecular weight excluding hydrogens is 182 g/mol. The average Bonchev–Trinajstić information content (AvgIpc) is 2.12. The van der Waals surface area contributed by atoms with Gasteiger partial charge in [0.15, 0.2) is 0 Å². The van der Waals surface area contributed by atoms with Crippen molar-refractivity contribution in [2.45, 2.75) is 33.3 Å². The number of ether oxygens (including phenoxy) is 2. The number of carbonyl (C=O) groups is 1. The summed E-state index contributed by atoms with van der Waals surface area (Å²) < 4.78 is 10.4. The van der Waals surface area contributed by atoms with Crippen molar-refractivity contribution < 1.29 is 14.3 Å². The fraction of sp³-hybridized carbons (Fsp3) is 0.900. The minimum Gasteiger partial charge on any atom is -0.380 e. The Morgan fingerprint density at radius 3 is 2.43 bits per heavy atom. The van der Waals surface area contributed by atoms with Crippen molar-refractivity contribution in [3.05, 3.63) is 0 Å². The zero-order valence-electron chi connectivity index (χ0n) is 9.55.